The first-order valence-corrected chi connectivity index (χ1v) is 9.46. The van der Waals surface area contributed by atoms with Gasteiger partial charge in [-0.25, -0.2) is 4.98 Å². The van der Waals surface area contributed by atoms with Crippen molar-refractivity contribution < 1.29 is 14.6 Å². The van der Waals surface area contributed by atoms with Crippen LogP contribution in [0, 0.1) is 0 Å². The van der Waals surface area contributed by atoms with E-state index in [2.05, 4.69) is 23.7 Å². The van der Waals surface area contributed by atoms with E-state index < -0.39 is 5.97 Å². The Bertz CT molecular complexity index is 1010. The summed E-state index contributed by atoms with van der Waals surface area (Å²) in [7, 11) is 0. The molecule has 28 heavy (non-hydrogen) atoms. The first-order valence-electron chi connectivity index (χ1n) is 9.46. The number of benzene rings is 1. The highest BCUT2D eigenvalue weighted by Gasteiger charge is 2.23. The number of carboxylic acid groups (broad SMARTS) is 1. The van der Waals surface area contributed by atoms with Gasteiger partial charge >= 0.3 is 5.97 Å². The molecule has 2 aromatic heterocycles. The van der Waals surface area contributed by atoms with Crippen LogP contribution in [0.5, 0.6) is 0 Å². The second-order valence-electron chi connectivity index (χ2n) is 7.35. The second-order valence-corrected chi connectivity index (χ2v) is 7.35. The Morgan fingerprint density at radius 3 is 2.68 bits per heavy atom. The topological polar surface area (TPSA) is 75.6 Å². The number of fused-ring (bicyclic) bond motifs is 1. The van der Waals surface area contributed by atoms with Crippen molar-refractivity contribution in [3.8, 4) is 11.3 Å². The van der Waals surface area contributed by atoms with Gasteiger partial charge < -0.3 is 14.7 Å². The number of rotatable bonds is 4. The van der Waals surface area contributed by atoms with Crippen LogP contribution in [0.15, 0.2) is 48.7 Å². The van der Waals surface area contributed by atoms with Gasteiger partial charge in [0.05, 0.1) is 30.0 Å². The van der Waals surface area contributed by atoms with Crippen LogP contribution >= 0.6 is 0 Å². The third-order valence-electron chi connectivity index (χ3n) is 4.88. The van der Waals surface area contributed by atoms with Crippen LogP contribution in [-0.4, -0.2) is 46.3 Å². The quantitative estimate of drug-likeness (QED) is 0.750. The zero-order chi connectivity index (χ0) is 19.7. The standard InChI is InChI=1S/C22H23N3O3/c1-14-12-25(13-15(2)28-14)21-5-3-4-20(24-21)16-6-7-17-11-23-19(10-22(26)27)9-18(17)8-16/h3-9,11,14-15H,10,12-13H2,1-2H3,(H,26,27)/t14-,15+. The Morgan fingerprint density at radius 2 is 1.93 bits per heavy atom. The number of hydrogen-bond acceptors (Lipinski definition) is 5. The summed E-state index contributed by atoms with van der Waals surface area (Å²) in [5.41, 5.74) is 2.44. The van der Waals surface area contributed by atoms with E-state index in [1.165, 1.54) is 0 Å². The monoisotopic (exact) mass is 377 g/mol. The van der Waals surface area contributed by atoms with Gasteiger partial charge in [0.25, 0.3) is 0 Å². The van der Waals surface area contributed by atoms with E-state index in [1.807, 2.05) is 42.5 Å². The third-order valence-corrected chi connectivity index (χ3v) is 4.88. The van der Waals surface area contributed by atoms with E-state index in [9.17, 15) is 4.79 Å². The smallest absolute Gasteiger partial charge is 0.309 e. The first kappa shape index (κ1) is 18.4. The zero-order valence-corrected chi connectivity index (χ0v) is 16.0. The number of carboxylic acids is 1. The zero-order valence-electron chi connectivity index (χ0n) is 16.0. The lowest BCUT2D eigenvalue weighted by molar-refractivity contribution is -0.136. The second kappa shape index (κ2) is 7.56. The van der Waals surface area contributed by atoms with E-state index in [4.69, 9.17) is 14.8 Å². The normalized spacial score (nSPS) is 19.7. The van der Waals surface area contributed by atoms with Crippen LogP contribution in [0.1, 0.15) is 19.5 Å². The van der Waals surface area contributed by atoms with Gasteiger partial charge in [0.2, 0.25) is 0 Å². The Balaban J connectivity index is 1.66. The van der Waals surface area contributed by atoms with Crippen molar-refractivity contribution in [2.24, 2.45) is 0 Å². The summed E-state index contributed by atoms with van der Waals surface area (Å²) in [5, 5.41) is 10.9. The summed E-state index contributed by atoms with van der Waals surface area (Å²) in [6.45, 7) is 5.81. The van der Waals surface area contributed by atoms with Crippen molar-refractivity contribution in [3.63, 3.8) is 0 Å². The number of aliphatic carboxylic acids is 1. The molecule has 0 radical (unpaired) electrons. The molecule has 2 atom stereocenters. The highest BCUT2D eigenvalue weighted by molar-refractivity contribution is 5.87. The molecule has 0 saturated carbocycles. The van der Waals surface area contributed by atoms with Crippen LogP contribution in [-0.2, 0) is 16.0 Å². The fourth-order valence-corrected chi connectivity index (χ4v) is 3.72. The Hall–Kier alpha value is -2.99. The highest BCUT2D eigenvalue weighted by atomic mass is 16.5. The number of aromatic nitrogens is 2. The summed E-state index contributed by atoms with van der Waals surface area (Å²) < 4.78 is 5.82. The molecule has 3 heterocycles. The van der Waals surface area contributed by atoms with Gasteiger partial charge in [0, 0.05) is 30.2 Å². The molecule has 1 N–H and O–H groups in total. The number of pyridine rings is 2. The summed E-state index contributed by atoms with van der Waals surface area (Å²) in [4.78, 5) is 22.3. The molecular formula is C22H23N3O3. The van der Waals surface area contributed by atoms with Crippen molar-refractivity contribution >= 4 is 22.6 Å². The predicted molar refractivity (Wildman–Crippen MR) is 109 cm³/mol. The molecule has 144 valence electrons. The predicted octanol–water partition coefficient (Wildman–Crippen LogP) is 3.54. The number of morpholine rings is 1. The molecule has 6 nitrogen and oxygen atoms in total. The average Bonchev–Trinajstić information content (AvgIpc) is 2.66. The maximum absolute atomic E-state index is 11.0. The van der Waals surface area contributed by atoms with E-state index in [-0.39, 0.29) is 18.6 Å². The van der Waals surface area contributed by atoms with Crippen molar-refractivity contribution in [3.05, 3.63) is 54.4 Å². The van der Waals surface area contributed by atoms with Gasteiger partial charge in [-0.3, -0.25) is 9.78 Å². The first-order chi connectivity index (χ1) is 13.5. The third kappa shape index (κ3) is 3.97. The van der Waals surface area contributed by atoms with Gasteiger partial charge in [-0.1, -0.05) is 18.2 Å². The Labute approximate surface area is 163 Å². The van der Waals surface area contributed by atoms with Crippen LogP contribution < -0.4 is 4.90 Å². The van der Waals surface area contributed by atoms with Gasteiger partial charge in [0.15, 0.2) is 0 Å². The molecule has 4 rings (SSSR count). The molecule has 1 aliphatic heterocycles. The molecule has 1 aliphatic rings. The fourth-order valence-electron chi connectivity index (χ4n) is 3.72. The number of ether oxygens (including phenoxy) is 1. The minimum absolute atomic E-state index is 0.0820. The number of anilines is 1. The summed E-state index contributed by atoms with van der Waals surface area (Å²) >= 11 is 0. The number of carbonyl (C=O) groups is 1. The molecule has 0 bridgehead atoms. The lowest BCUT2D eigenvalue weighted by Crippen LogP contribution is -2.45. The Kier molecular flexibility index (Phi) is 4.96. The van der Waals surface area contributed by atoms with Crippen molar-refractivity contribution in [1.29, 1.82) is 0 Å². The van der Waals surface area contributed by atoms with Crippen LogP contribution in [0.25, 0.3) is 22.0 Å². The average molecular weight is 377 g/mol. The van der Waals surface area contributed by atoms with E-state index >= 15 is 0 Å². The maximum Gasteiger partial charge on any atom is 0.309 e. The number of nitrogens with zero attached hydrogens (tertiary/aromatic N) is 3. The largest absolute Gasteiger partial charge is 0.481 e. The van der Waals surface area contributed by atoms with Crippen molar-refractivity contribution in [1.82, 2.24) is 9.97 Å². The molecule has 0 amide bonds. The number of hydrogen-bond donors (Lipinski definition) is 1. The van der Waals surface area contributed by atoms with Crippen molar-refractivity contribution in [2.75, 3.05) is 18.0 Å². The van der Waals surface area contributed by atoms with Crippen LogP contribution in [0.2, 0.25) is 0 Å². The Morgan fingerprint density at radius 1 is 1.14 bits per heavy atom. The molecular weight excluding hydrogens is 354 g/mol. The van der Waals surface area contributed by atoms with Crippen LogP contribution in [0.3, 0.4) is 0 Å². The maximum atomic E-state index is 11.0. The van der Waals surface area contributed by atoms with Gasteiger partial charge in [0.1, 0.15) is 5.82 Å². The molecule has 0 aliphatic carbocycles. The van der Waals surface area contributed by atoms with Gasteiger partial charge in [-0.15, -0.1) is 0 Å². The molecule has 1 aromatic carbocycles. The molecule has 1 saturated heterocycles. The van der Waals surface area contributed by atoms with Crippen molar-refractivity contribution in [2.45, 2.75) is 32.5 Å². The van der Waals surface area contributed by atoms with Crippen LogP contribution in [0.4, 0.5) is 5.82 Å². The molecule has 3 aromatic rings. The lowest BCUT2D eigenvalue weighted by atomic mass is 10.0. The van der Waals surface area contributed by atoms with Gasteiger partial charge in [-0.05, 0) is 43.5 Å². The minimum atomic E-state index is -0.883. The highest BCUT2D eigenvalue weighted by Crippen LogP contribution is 2.26. The summed E-state index contributed by atoms with van der Waals surface area (Å²) in [5.74, 6) is 0.0623. The van der Waals surface area contributed by atoms with E-state index in [0.717, 1.165) is 40.9 Å². The molecule has 0 spiro atoms. The fraction of sp³-hybridized carbons (Fsp3) is 0.318. The minimum Gasteiger partial charge on any atom is -0.481 e. The molecule has 6 heteroatoms. The van der Waals surface area contributed by atoms with E-state index in [1.54, 1.807) is 6.20 Å². The molecule has 1 fully saturated rings. The van der Waals surface area contributed by atoms with Gasteiger partial charge in [-0.2, -0.15) is 0 Å². The summed E-state index contributed by atoms with van der Waals surface area (Å²) in [6.07, 6.45) is 1.99. The summed E-state index contributed by atoms with van der Waals surface area (Å²) in [6, 6.07) is 13.9. The van der Waals surface area contributed by atoms with E-state index in [0.29, 0.717) is 5.69 Å². The molecule has 0 unspecified atom stereocenters. The lowest BCUT2D eigenvalue weighted by Gasteiger charge is -2.36. The SMILES string of the molecule is C[C@@H]1CN(c2cccc(-c3ccc4cnc(CC(=O)O)cc4c3)n2)C[C@H](C)O1.